The molecule has 1 aromatic carbocycles. The molecule has 22 heavy (non-hydrogen) atoms. The van der Waals surface area contributed by atoms with Crippen molar-refractivity contribution < 1.29 is 19.6 Å². The topological polar surface area (TPSA) is 134 Å². The van der Waals surface area contributed by atoms with Crippen molar-refractivity contribution in [1.29, 1.82) is 0 Å². The van der Waals surface area contributed by atoms with E-state index in [9.17, 15) is 19.7 Å². The molecule has 1 aliphatic heterocycles. The number of nitrogens with zero attached hydrogens (tertiary/aromatic N) is 2. The smallest absolute Gasteiger partial charge is 0.336 e. The third-order valence-corrected chi connectivity index (χ3v) is 3.38. The van der Waals surface area contributed by atoms with E-state index >= 15 is 0 Å². The van der Waals surface area contributed by atoms with Gasteiger partial charge in [-0.05, 0) is 18.6 Å². The minimum Gasteiger partial charge on any atom is -0.478 e. The summed E-state index contributed by atoms with van der Waals surface area (Å²) in [5, 5.41) is 26.2. The second-order valence-corrected chi connectivity index (χ2v) is 5.05. The minimum atomic E-state index is -1.29. The number of nitro benzene ring substituents is 1. The summed E-state index contributed by atoms with van der Waals surface area (Å²) < 4.78 is 0. The van der Waals surface area contributed by atoms with E-state index < -0.39 is 16.4 Å². The molecular weight excluding hydrogens is 292 g/mol. The summed E-state index contributed by atoms with van der Waals surface area (Å²) in [7, 11) is 0. The van der Waals surface area contributed by atoms with Crippen LogP contribution < -0.4 is 10.7 Å². The molecule has 116 valence electrons. The molecule has 0 radical (unpaired) electrons. The number of rotatable bonds is 5. The summed E-state index contributed by atoms with van der Waals surface area (Å²) in [4.78, 5) is 33.3. The van der Waals surface area contributed by atoms with Gasteiger partial charge < -0.3 is 10.4 Å². The maximum absolute atomic E-state index is 12.1. The number of carboxylic acid groups (broad SMARTS) is 1. The number of benzene rings is 1. The number of hydrazone groups is 1. The van der Waals surface area contributed by atoms with Gasteiger partial charge in [0, 0.05) is 31.3 Å². The number of carbonyl (C=O) groups is 2. The first kappa shape index (κ1) is 15.4. The van der Waals surface area contributed by atoms with Crippen LogP contribution in [-0.2, 0) is 11.3 Å². The summed E-state index contributed by atoms with van der Waals surface area (Å²) in [5.41, 5.74) is 1.57. The number of non-ortho nitro benzene ring substituents is 1. The lowest BCUT2D eigenvalue weighted by Crippen LogP contribution is -2.50. The highest BCUT2D eigenvalue weighted by molar-refractivity contribution is 5.92. The molecule has 1 aliphatic rings. The highest BCUT2D eigenvalue weighted by Crippen LogP contribution is 2.19. The van der Waals surface area contributed by atoms with E-state index in [2.05, 4.69) is 15.8 Å². The number of aromatic carboxylic acids is 1. The van der Waals surface area contributed by atoms with E-state index in [-0.39, 0.29) is 29.3 Å². The van der Waals surface area contributed by atoms with Gasteiger partial charge in [0.25, 0.3) is 5.69 Å². The molecule has 0 spiro atoms. The third-order valence-electron chi connectivity index (χ3n) is 3.38. The molecular formula is C13H14N4O5. The van der Waals surface area contributed by atoms with Gasteiger partial charge in [0.2, 0.25) is 5.91 Å². The van der Waals surface area contributed by atoms with E-state index in [1.807, 2.05) is 0 Å². The van der Waals surface area contributed by atoms with Crippen LogP contribution in [-0.4, -0.2) is 33.7 Å². The number of hydrogen-bond donors (Lipinski definition) is 3. The summed E-state index contributed by atoms with van der Waals surface area (Å²) in [6, 6.07) is 3.50. The molecule has 0 fully saturated rings. The van der Waals surface area contributed by atoms with E-state index in [1.54, 1.807) is 13.1 Å². The Morgan fingerprint density at radius 2 is 2.27 bits per heavy atom. The molecule has 1 atom stereocenters. The lowest BCUT2D eigenvalue weighted by molar-refractivity contribution is -0.384. The molecule has 2 rings (SSSR count). The van der Waals surface area contributed by atoms with Gasteiger partial charge in [-0.15, -0.1) is 0 Å². The highest BCUT2D eigenvalue weighted by Gasteiger charge is 2.34. The van der Waals surface area contributed by atoms with Crippen LogP contribution in [0.25, 0.3) is 0 Å². The quantitative estimate of drug-likeness (QED) is 0.540. The second kappa shape index (κ2) is 5.80. The third kappa shape index (κ3) is 3.03. The fourth-order valence-corrected chi connectivity index (χ4v) is 2.01. The first-order chi connectivity index (χ1) is 10.3. The van der Waals surface area contributed by atoms with Gasteiger partial charge in [0.05, 0.1) is 10.5 Å². The number of nitrogens with one attached hydrogen (secondary N) is 2. The van der Waals surface area contributed by atoms with E-state index in [0.29, 0.717) is 6.42 Å². The average Bonchev–Trinajstić information content (AvgIpc) is 2.92. The standard InChI is InChI=1S/C13H14N4O5/c1-13(4-5-15-16-13)12(20)14-7-8-2-3-9(17(21)22)6-10(8)11(18)19/h2-3,5-6,16H,4,7H2,1H3,(H,14,20)(H,18,19). The zero-order valence-corrected chi connectivity index (χ0v) is 11.7. The molecule has 0 aliphatic carbocycles. The zero-order chi connectivity index (χ0) is 16.3. The van der Waals surface area contributed by atoms with Crippen LogP contribution in [0.2, 0.25) is 0 Å². The second-order valence-electron chi connectivity index (χ2n) is 5.05. The lowest BCUT2D eigenvalue weighted by atomic mass is 9.99. The predicted octanol–water partition coefficient (Wildman–Crippen LogP) is 0.647. The number of nitro groups is 1. The van der Waals surface area contributed by atoms with E-state index in [1.165, 1.54) is 12.1 Å². The Labute approximate surface area is 125 Å². The summed E-state index contributed by atoms with van der Waals surface area (Å²) in [5.74, 6) is -1.62. The van der Waals surface area contributed by atoms with Gasteiger partial charge in [0.1, 0.15) is 5.54 Å². The Hall–Kier alpha value is -2.97. The monoisotopic (exact) mass is 306 g/mol. The Bertz CT molecular complexity index is 662. The van der Waals surface area contributed by atoms with Crippen molar-refractivity contribution in [3.8, 4) is 0 Å². The maximum atomic E-state index is 12.1. The van der Waals surface area contributed by atoms with Gasteiger partial charge in [0.15, 0.2) is 0 Å². The number of carbonyl (C=O) groups excluding carboxylic acids is 1. The molecule has 0 aromatic heterocycles. The molecule has 1 unspecified atom stereocenters. The summed E-state index contributed by atoms with van der Waals surface area (Å²) in [6.45, 7) is 1.62. The van der Waals surface area contributed by atoms with Gasteiger partial charge in [-0.2, -0.15) is 5.10 Å². The maximum Gasteiger partial charge on any atom is 0.336 e. The molecule has 0 bridgehead atoms. The Morgan fingerprint density at radius 3 is 2.82 bits per heavy atom. The average molecular weight is 306 g/mol. The van der Waals surface area contributed by atoms with Crippen molar-refractivity contribution in [2.45, 2.75) is 25.4 Å². The van der Waals surface area contributed by atoms with Gasteiger partial charge >= 0.3 is 5.97 Å². The van der Waals surface area contributed by atoms with Crippen LogP contribution in [0.15, 0.2) is 23.3 Å². The van der Waals surface area contributed by atoms with Crippen LogP contribution >= 0.6 is 0 Å². The largest absolute Gasteiger partial charge is 0.478 e. The fourth-order valence-electron chi connectivity index (χ4n) is 2.01. The van der Waals surface area contributed by atoms with E-state index in [4.69, 9.17) is 5.11 Å². The van der Waals surface area contributed by atoms with Crippen LogP contribution in [0.4, 0.5) is 5.69 Å². The van der Waals surface area contributed by atoms with Crippen molar-refractivity contribution in [3.63, 3.8) is 0 Å². The SMILES string of the molecule is CC1(C(=O)NCc2ccc([N+](=O)[O-])cc2C(=O)O)CC=NN1. The Balaban J connectivity index is 2.14. The first-order valence-electron chi connectivity index (χ1n) is 6.41. The van der Waals surface area contributed by atoms with Crippen LogP contribution in [0.5, 0.6) is 0 Å². The van der Waals surface area contributed by atoms with Crippen molar-refractivity contribution in [3.05, 3.63) is 39.4 Å². The number of carboxylic acids is 1. The van der Waals surface area contributed by atoms with Crippen LogP contribution in [0, 0.1) is 10.1 Å². The Kier molecular flexibility index (Phi) is 4.06. The molecule has 0 saturated carbocycles. The molecule has 1 heterocycles. The van der Waals surface area contributed by atoms with Crippen molar-refractivity contribution in [1.82, 2.24) is 10.7 Å². The van der Waals surface area contributed by atoms with Crippen LogP contribution in [0.3, 0.4) is 0 Å². The van der Waals surface area contributed by atoms with Crippen molar-refractivity contribution >= 4 is 23.8 Å². The summed E-state index contributed by atoms with van der Waals surface area (Å²) in [6.07, 6.45) is 2.00. The van der Waals surface area contributed by atoms with Crippen molar-refractivity contribution in [2.24, 2.45) is 5.10 Å². The van der Waals surface area contributed by atoms with Gasteiger partial charge in [-0.25, -0.2) is 4.79 Å². The molecule has 1 amide bonds. The summed E-state index contributed by atoms with van der Waals surface area (Å²) >= 11 is 0. The number of hydrogen-bond acceptors (Lipinski definition) is 6. The Morgan fingerprint density at radius 1 is 1.55 bits per heavy atom. The normalized spacial score (nSPS) is 19.5. The highest BCUT2D eigenvalue weighted by atomic mass is 16.6. The molecule has 1 aromatic rings. The first-order valence-corrected chi connectivity index (χ1v) is 6.41. The van der Waals surface area contributed by atoms with Crippen LogP contribution in [0.1, 0.15) is 29.3 Å². The lowest BCUT2D eigenvalue weighted by Gasteiger charge is -2.22. The molecule has 3 N–H and O–H groups in total. The zero-order valence-electron chi connectivity index (χ0n) is 11.7. The predicted molar refractivity (Wildman–Crippen MR) is 76.6 cm³/mol. The molecule has 9 nitrogen and oxygen atoms in total. The van der Waals surface area contributed by atoms with Crippen molar-refractivity contribution in [2.75, 3.05) is 0 Å². The minimum absolute atomic E-state index is 0.0459. The fraction of sp³-hybridized carbons (Fsp3) is 0.308. The number of amides is 1. The molecule has 0 saturated heterocycles. The van der Waals surface area contributed by atoms with Gasteiger partial charge in [-0.1, -0.05) is 0 Å². The van der Waals surface area contributed by atoms with Gasteiger partial charge in [-0.3, -0.25) is 20.3 Å². The molecule has 9 heteroatoms. The van der Waals surface area contributed by atoms with E-state index in [0.717, 1.165) is 6.07 Å².